The van der Waals surface area contributed by atoms with Crippen LogP contribution in [0.3, 0.4) is 0 Å². The Labute approximate surface area is 131 Å². The van der Waals surface area contributed by atoms with Crippen molar-refractivity contribution in [3.63, 3.8) is 0 Å². The zero-order valence-corrected chi connectivity index (χ0v) is 12.5. The van der Waals surface area contributed by atoms with Gasteiger partial charge in [-0.3, -0.25) is 0 Å². The minimum absolute atomic E-state index is 0.186. The zero-order chi connectivity index (χ0) is 16.1. The summed E-state index contributed by atoms with van der Waals surface area (Å²) in [6.07, 6.45) is 4.82. The van der Waals surface area contributed by atoms with Crippen LogP contribution in [0.2, 0.25) is 0 Å². The van der Waals surface area contributed by atoms with E-state index in [0.29, 0.717) is 24.0 Å². The van der Waals surface area contributed by atoms with Gasteiger partial charge in [-0.25, -0.2) is 0 Å². The lowest BCUT2D eigenvalue weighted by Crippen LogP contribution is -1.99. The van der Waals surface area contributed by atoms with Crippen LogP contribution in [0.15, 0.2) is 55.6 Å². The minimum atomic E-state index is 0.186. The van der Waals surface area contributed by atoms with Crippen molar-refractivity contribution in [3.8, 4) is 22.6 Å². The Bertz CT molecular complexity index is 705. The Balaban J connectivity index is 2.60. The molecule has 0 aliphatic carbocycles. The third kappa shape index (κ3) is 3.21. The molecule has 0 saturated carbocycles. The van der Waals surface area contributed by atoms with Crippen LogP contribution in [-0.2, 0) is 19.4 Å². The van der Waals surface area contributed by atoms with Crippen LogP contribution in [0.1, 0.15) is 16.7 Å². The van der Waals surface area contributed by atoms with E-state index >= 15 is 0 Å². The Morgan fingerprint density at radius 2 is 1.68 bits per heavy atom. The average Bonchev–Trinajstić information content (AvgIpc) is 2.51. The smallest absolute Gasteiger partial charge is 0.127 e. The monoisotopic (exact) mass is 295 g/mol. The van der Waals surface area contributed by atoms with E-state index in [9.17, 15) is 10.2 Å². The van der Waals surface area contributed by atoms with E-state index in [1.807, 2.05) is 24.3 Å². The third-order valence-corrected chi connectivity index (χ3v) is 3.60. The van der Waals surface area contributed by atoms with Gasteiger partial charge < -0.3 is 15.9 Å². The fraction of sp³-hybridized carbons (Fsp3) is 0.158. The van der Waals surface area contributed by atoms with Gasteiger partial charge >= 0.3 is 0 Å². The first-order valence-corrected chi connectivity index (χ1v) is 7.19. The Hall–Kier alpha value is -2.52. The van der Waals surface area contributed by atoms with E-state index in [2.05, 4.69) is 13.2 Å². The normalized spacial score (nSPS) is 10.4. The number of allylic oxidation sites excluding steroid dienone is 2. The Morgan fingerprint density at radius 3 is 2.32 bits per heavy atom. The highest BCUT2D eigenvalue weighted by Gasteiger charge is 2.12. The molecule has 0 unspecified atom stereocenters. The SMILES string of the molecule is C=CCc1cc(CN)c(O)c(-c2ccc(O)c(CC=C)c2)c1. The minimum Gasteiger partial charge on any atom is -0.508 e. The predicted octanol–water partition coefficient (Wildman–Crippen LogP) is 3.68. The van der Waals surface area contributed by atoms with Gasteiger partial charge in [-0.05, 0) is 47.7 Å². The van der Waals surface area contributed by atoms with Gasteiger partial charge in [-0.1, -0.05) is 24.3 Å². The highest BCUT2D eigenvalue weighted by Crippen LogP contribution is 2.35. The molecular weight excluding hydrogens is 274 g/mol. The molecule has 0 saturated heterocycles. The maximum absolute atomic E-state index is 10.4. The molecule has 2 aromatic rings. The summed E-state index contributed by atoms with van der Waals surface area (Å²) >= 11 is 0. The molecule has 0 spiro atoms. The van der Waals surface area contributed by atoms with Crippen molar-refractivity contribution in [3.05, 3.63) is 72.3 Å². The van der Waals surface area contributed by atoms with Gasteiger partial charge in [-0.2, -0.15) is 0 Å². The average molecular weight is 295 g/mol. The number of hydrogen-bond donors (Lipinski definition) is 3. The van der Waals surface area contributed by atoms with Crippen molar-refractivity contribution in [2.75, 3.05) is 0 Å². The summed E-state index contributed by atoms with van der Waals surface area (Å²) in [7, 11) is 0. The van der Waals surface area contributed by atoms with Crippen LogP contribution in [0.4, 0.5) is 0 Å². The van der Waals surface area contributed by atoms with E-state index in [0.717, 1.165) is 16.7 Å². The molecule has 0 radical (unpaired) electrons. The number of rotatable bonds is 6. The van der Waals surface area contributed by atoms with Gasteiger partial charge in [0.25, 0.3) is 0 Å². The maximum atomic E-state index is 10.4. The van der Waals surface area contributed by atoms with Crippen LogP contribution >= 0.6 is 0 Å². The third-order valence-electron chi connectivity index (χ3n) is 3.60. The second-order valence-electron chi connectivity index (χ2n) is 5.18. The number of phenols is 2. The van der Waals surface area contributed by atoms with E-state index in [1.54, 1.807) is 18.2 Å². The van der Waals surface area contributed by atoms with Crippen molar-refractivity contribution in [2.45, 2.75) is 19.4 Å². The van der Waals surface area contributed by atoms with E-state index in [1.165, 1.54) is 0 Å². The van der Waals surface area contributed by atoms with Crippen molar-refractivity contribution in [1.82, 2.24) is 0 Å². The highest BCUT2D eigenvalue weighted by atomic mass is 16.3. The van der Waals surface area contributed by atoms with Gasteiger partial charge in [0.05, 0.1) is 0 Å². The fourth-order valence-corrected chi connectivity index (χ4v) is 2.49. The molecular formula is C19H21NO2. The summed E-state index contributed by atoms with van der Waals surface area (Å²) in [6, 6.07) is 9.11. The molecule has 4 N–H and O–H groups in total. The first-order chi connectivity index (χ1) is 10.6. The van der Waals surface area contributed by atoms with Crippen LogP contribution in [0, 0.1) is 0 Å². The molecule has 0 aromatic heterocycles. The molecule has 114 valence electrons. The quantitative estimate of drug-likeness (QED) is 0.712. The molecule has 0 heterocycles. The van der Waals surface area contributed by atoms with Crippen molar-refractivity contribution in [1.29, 1.82) is 0 Å². The van der Waals surface area contributed by atoms with Gasteiger partial charge in [0.15, 0.2) is 0 Å². The zero-order valence-electron chi connectivity index (χ0n) is 12.5. The molecule has 22 heavy (non-hydrogen) atoms. The van der Waals surface area contributed by atoms with E-state index in [-0.39, 0.29) is 18.0 Å². The van der Waals surface area contributed by atoms with E-state index in [4.69, 9.17) is 5.73 Å². The first-order valence-electron chi connectivity index (χ1n) is 7.19. The lowest BCUT2D eigenvalue weighted by atomic mass is 9.95. The Kier molecular flexibility index (Phi) is 5.02. The van der Waals surface area contributed by atoms with Gasteiger partial charge in [-0.15, -0.1) is 13.2 Å². The second-order valence-corrected chi connectivity index (χ2v) is 5.18. The lowest BCUT2D eigenvalue weighted by molar-refractivity contribution is 0.468. The molecule has 0 aliphatic rings. The molecule has 3 heteroatoms. The largest absolute Gasteiger partial charge is 0.508 e. The molecule has 0 atom stereocenters. The second kappa shape index (κ2) is 6.96. The molecule has 3 nitrogen and oxygen atoms in total. The summed E-state index contributed by atoms with van der Waals surface area (Å²) in [5.41, 5.74) is 9.80. The predicted molar refractivity (Wildman–Crippen MR) is 90.9 cm³/mol. The fourth-order valence-electron chi connectivity index (χ4n) is 2.49. The van der Waals surface area contributed by atoms with Gasteiger partial charge in [0.2, 0.25) is 0 Å². The number of aromatic hydroxyl groups is 2. The number of phenolic OH excluding ortho intramolecular Hbond substituents is 2. The highest BCUT2D eigenvalue weighted by molar-refractivity contribution is 5.74. The van der Waals surface area contributed by atoms with Crippen molar-refractivity contribution in [2.24, 2.45) is 5.73 Å². The van der Waals surface area contributed by atoms with Crippen LogP contribution in [0.5, 0.6) is 11.5 Å². The van der Waals surface area contributed by atoms with E-state index < -0.39 is 0 Å². The molecule has 0 bridgehead atoms. The summed E-state index contributed by atoms with van der Waals surface area (Å²) in [6.45, 7) is 7.71. The summed E-state index contributed by atoms with van der Waals surface area (Å²) in [5, 5.41) is 20.3. The van der Waals surface area contributed by atoms with Crippen molar-refractivity contribution >= 4 is 0 Å². The van der Waals surface area contributed by atoms with Crippen LogP contribution in [0.25, 0.3) is 11.1 Å². The van der Waals surface area contributed by atoms with Crippen LogP contribution in [-0.4, -0.2) is 10.2 Å². The summed E-state index contributed by atoms with van der Waals surface area (Å²) in [5.74, 6) is 0.412. The Morgan fingerprint density at radius 1 is 0.955 bits per heavy atom. The standard InChI is InChI=1S/C19H21NO2/c1-3-5-13-9-16(12-20)19(22)17(10-13)14-7-8-18(21)15(11-14)6-4-2/h3-4,7-11,21-22H,1-2,5-6,12,20H2. The molecule has 0 fully saturated rings. The lowest BCUT2D eigenvalue weighted by Gasteiger charge is -2.13. The summed E-state index contributed by atoms with van der Waals surface area (Å²) in [4.78, 5) is 0. The topological polar surface area (TPSA) is 66.5 Å². The number of benzene rings is 2. The maximum Gasteiger partial charge on any atom is 0.127 e. The van der Waals surface area contributed by atoms with Crippen LogP contribution < -0.4 is 5.73 Å². The molecule has 2 aromatic carbocycles. The first kappa shape index (κ1) is 15.9. The molecule has 0 amide bonds. The van der Waals surface area contributed by atoms with Gasteiger partial charge in [0, 0.05) is 17.7 Å². The van der Waals surface area contributed by atoms with Gasteiger partial charge in [0.1, 0.15) is 11.5 Å². The molecule has 2 rings (SSSR count). The molecule has 0 aliphatic heterocycles. The number of hydrogen-bond acceptors (Lipinski definition) is 3. The number of nitrogens with two attached hydrogens (primary N) is 1. The summed E-state index contributed by atoms with van der Waals surface area (Å²) < 4.78 is 0. The van der Waals surface area contributed by atoms with Crippen molar-refractivity contribution < 1.29 is 10.2 Å².